The fourth-order valence-electron chi connectivity index (χ4n) is 4.31. The molecule has 4 aromatic rings. The molecule has 8 nitrogen and oxygen atoms in total. The van der Waals surface area contributed by atoms with E-state index in [0.29, 0.717) is 40.3 Å². The van der Waals surface area contributed by atoms with Gasteiger partial charge in [-0.15, -0.1) is 0 Å². The van der Waals surface area contributed by atoms with Gasteiger partial charge in [0, 0.05) is 24.7 Å². The summed E-state index contributed by atoms with van der Waals surface area (Å²) in [4.78, 5) is 17.9. The van der Waals surface area contributed by atoms with Crippen LogP contribution in [0.1, 0.15) is 47.3 Å². The smallest absolute Gasteiger partial charge is 0.256 e. The molecule has 1 fully saturated rings. The predicted molar refractivity (Wildman–Crippen MR) is 143 cm³/mol. The molecule has 188 valence electrons. The van der Waals surface area contributed by atoms with E-state index in [0.717, 1.165) is 41.5 Å². The van der Waals surface area contributed by atoms with Crippen molar-refractivity contribution in [2.75, 3.05) is 18.4 Å². The van der Waals surface area contributed by atoms with Crippen LogP contribution < -0.4 is 5.32 Å². The summed E-state index contributed by atoms with van der Waals surface area (Å²) in [5.41, 5.74) is 2.86. The minimum Gasteiger partial charge on any atom is -0.306 e. The normalized spacial score (nSPS) is 15.2. The molecule has 1 aliphatic heterocycles. The molecule has 1 amide bonds. The third-order valence-corrected chi connectivity index (χ3v) is 9.66. The fourth-order valence-corrected chi connectivity index (χ4v) is 7.11. The Morgan fingerprint density at radius 3 is 2.39 bits per heavy atom. The molecule has 3 heterocycles. The van der Waals surface area contributed by atoms with Gasteiger partial charge in [0.25, 0.3) is 5.91 Å². The van der Waals surface area contributed by atoms with E-state index in [1.807, 2.05) is 26.0 Å². The van der Waals surface area contributed by atoms with Gasteiger partial charge < -0.3 is 5.32 Å². The Bertz CT molecular complexity index is 1500. The van der Waals surface area contributed by atoms with Crippen LogP contribution in [0.25, 0.3) is 15.3 Å². The van der Waals surface area contributed by atoms with Crippen molar-refractivity contribution in [1.82, 2.24) is 19.1 Å². The molecule has 2 aromatic carbocycles. The van der Waals surface area contributed by atoms with Crippen molar-refractivity contribution in [3.8, 4) is 5.13 Å². The van der Waals surface area contributed by atoms with E-state index < -0.39 is 10.0 Å². The van der Waals surface area contributed by atoms with Crippen LogP contribution in [-0.2, 0) is 10.0 Å². The Morgan fingerprint density at radius 2 is 1.72 bits per heavy atom. The Hall–Kier alpha value is -2.79. The molecule has 1 aliphatic rings. The summed E-state index contributed by atoms with van der Waals surface area (Å²) in [6, 6.07) is 11.6. The number of aryl methyl sites for hydroxylation is 2. The number of amides is 1. The van der Waals surface area contributed by atoms with Crippen LogP contribution in [0, 0.1) is 13.8 Å². The average molecular weight is 544 g/mol. The zero-order valence-electron chi connectivity index (χ0n) is 20.0. The Kier molecular flexibility index (Phi) is 6.86. The van der Waals surface area contributed by atoms with Crippen LogP contribution in [0.4, 0.5) is 5.82 Å². The molecule has 0 bridgehead atoms. The lowest BCUT2D eigenvalue weighted by atomic mass is 10.2. The molecule has 36 heavy (non-hydrogen) atoms. The number of nitrogens with zero attached hydrogens (tertiary/aromatic N) is 4. The highest BCUT2D eigenvalue weighted by atomic mass is 35.5. The monoisotopic (exact) mass is 543 g/mol. The number of hydrogen-bond donors (Lipinski definition) is 1. The maximum atomic E-state index is 13.0. The third kappa shape index (κ3) is 4.78. The molecule has 0 unspecified atom stereocenters. The Balaban J connectivity index is 1.38. The highest BCUT2D eigenvalue weighted by Gasteiger charge is 2.25. The molecule has 0 spiro atoms. The van der Waals surface area contributed by atoms with E-state index in [1.165, 1.54) is 35.6 Å². The van der Waals surface area contributed by atoms with Crippen LogP contribution in [0.15, 0.2) is 47.4 Å². The topological polar surface area (TPSA) is 97.2 Å². The minimum absolute atomic E-state index is 0.198. The third-order valence-electron chi connectivity index (χ3n) is 6.26. The number of anilines is 1. The first-order valence-electron chi connectivity index (χ1n) is 11.8. The molecule has 11 heteroatoms. The van der Waals surface area contributed by atoms with Gasteiger partial charge in [0.15, 0.2) is 0 Å². The van der Waals surface area contributed by atoms with Crippen LogP contribution >= 0.6 is 22.9 Å². The number of fused-ring (bicyclic) bond motifs is 1. The first kappa shape index (κ1) is 24.9. The highest BCUT2D eigenvalue weighted by Crippen LogP contribution is 2.34. The number of nitrogens with one attached hydrogen (secondary N) is 1. The molecule has 0 atom stereocenters. The maximum Gasteiger partial charge on any atom is 0.256 e. The van der Waals surface area contributed by atoms with Crippen molar-refractivity contribution < 1.29 is 13.2 Å². The van der Waals surface area contributed by atoms with Crippen molar-refractivity contribution in [1.29, 1.82) is 0 Å². The van der Waals surface area contributed by atoms with Crippen molar-refractivity contribution >= 4 is 54.9 Å². The molecule has 0 aliphatic carbocycles. The zero-order valence-corrected chi connectivity index (χ0v) is 22.4. The first-order valence-corrected chi connectivity index (χ1v) is 14.4. The van der Waals surface area contributed by atoms with E-state index in [4.69, 9.17) is 16.6 Å². The summed E-state index contributed by atoms with van der Waals surface area (Å²) >= 11 is 7.76. The maximum absolute atomic E-state index is 13.0. The summed E-state index contributed by atoms with van der Waals surface area (Å²) in [6.45, 7) is 4.87. The molecule has 1 saturated heterocycles. The van der Waals surface area contributed by atoms with E-state index in [2.05, 4.69) is 10.4 Å². The number of halogens is 1. The SMILES string of the molecule is Cc1cc(NC(=O)c2ccc(S(=O)(=O)N3CCCCCC3)cc2)n(-c2nc3c(C)ccc(Cl)c3s2)n1. The lowest BCUT2D eigenvalue weighted by Crippen LogP contribution is -2.31. The van der Waals surface area contributed by atoms with Gasteiger partial charge >= 0.3 is 0 Å². The largest absolute Gasteiger partial charge is 0.306 e. The second kappa shape index (κ2) is 9.93. The Morgan fingerprint density at radius 1 is 1.03 bits per heavy atom. The van der Waals surface area contributed by atoms with Gasteiger partial charge in [-0.05, 0) is 62.6 Å². The number of sulfonamides is 1. The molecule has 1 N–H and O–H groups in total. The van der Waals surface area contributed by atoms with Gasteiger partial charge in [-0.2, -0.15) is 14.1 Å². The standard InChI is InChI=1S/C25H26ClN5O3S2/c1-16-7-12-20(26)23-22(16)28-25(35-23)31-21(15-17(2)29-31)27-24(32)18-8-10-19(11-9-18)36(33,34)30-13-5-3-4-6-14-30/h7-12,15H,3-6,13-14H2,1-2H3,(H,27,32). The van der Waals surface area contributed by atoms with Crippen LogP contribution in [0.3, 0.4) is 0 Å². The van der Waals surface area contributed by atoms with Gasteiger partial charge in [-0.1, -0.05) is 41.8 Å². The number of carbonyl (C=O) groups excluding carboxylic acids is 1. The van der Waals surface area contributed by atoms with Gasteiger partial charge in [0.05, 0.1) is 25.8 Å². The lowest BCUT2D eigenvalue weighted by molar-refractivity contribution is 0.102. The number of benzene rings is 2. The zero-order chi connectivity index (χ0) is 25.4. The van der Waals surface area contributed by atoms with E-state index in [-0.39, 0.29) is 10.8 Å². The quantitative estimate of drug-likeness (QED) is 0.355. The number of hydrogen-bond acceptors (Lipinski definition) is 6. The van der Waals surface area contributed by atoms with Gasteiger partial charge in [0.2, 0.25) is 15.2 Å². The van der Waals surface area contributed by atoms with Gasteiger partial charge in [0.1, 0.15) is 5.82 Å². The second-order valence-corrected chi connectivity index (χ2v) is 12.2. The summed E-state index contributed by atoms with van der Waals surface area (Å²) in [5, 5.41) is 8.60. The number of thiazole rings is 1. The van der Waals surface area contributed by atoms with Crippen LogP contribution in [0.2, 0.25) is 5.02 Å². The number of aromatic nitrogens is 3. The van der Waals surface area contributed by atoms with Crippen molar-refractivity contribution in [2.24, 2.45) is 0 Å². The summed E-state index contributed by atoms with van der Waals surface area (Å²) < 4.78 is 30.1. The molecular formula is C25H26ClN5O3S2. The molecular weight excluding hydrogens is 518 g/mol. The Labute approximate surface area is 219 Å². The first-order chi connectivity index (χ1) is 17.2. The van der Waals surface area contributed by atoms with Crippen LogP contribution in [-0.4, -0.2) is 46.5 Å². The minimum atomic E-state index is -3.58. The molecule has 0 saturated carbocycles. The molecule has 5 rings (SSSR count). The van der Waals surface area contributed by atoms with Gasteiger partial charge in [-0.3, -0.25) is 4.79 Å². The van der Waals surface area contributed by atoms with Crippen LogP contribution in [0.5, 0.6) is 0 Å². The average Bonchev–Trinajstić information content (AvgIpc) is 3.35. The second-order valence-electron chi connectivity index (χ2n) is 8.92. The van der Waals surface area contributed by atoms with E-state index in [9.17, 15) is 13.2 Å². The molecule has 2 aromatic heterocycles. The summed E-state index contributed by atoms with van der Waals surface area (Å²) in [7, 11) is -3.58. The van der Waals surface area contributed by atoms with E-state index >= 15 is 0 Å². The lowest BCUT2D eigenvalue weighted by Gasteiger charge is -2.20. The molecule has 0 radical (unpaired) electrons. The summed E-state index contributed by atoms with van der Waals surface area (Å²) in [6.07, 6.45) is 3.83. The van der Waals surface area contributed by atoms with E-state index in [1.54, 1.807) is 15.1 Å². The summed E-state index contributed by atoms with van der Waals surface area (Å²) in [5.74, 6) is 0.0943. The predicted octanol–water partition coefficient (Wildman–Crippen LogP) is 5.57. The van der Waals surface area contributed by atoms with Crippen molar-refractivity contribution in [2.45, 2.75) is 44.4 Å². The highest BCUT2D eigenvalue weighted by molar-refractivity contribution is 7.89. The van der Waals surface area contributed by atoms with Crippen molar-refractivity contribution in [3.05, 3.63) is 64.3 Å². The van der Waals surface area contributed by atoms with Gasteiger partial charge in [-0.25, -0.2) is 13.4 Å². The van der Waals surface area contributed by atoms with Crippen molar-refractivity contribution in [3.63, 3.8) is 0 Å². The fraction of sp³-hybridized carbons (Fsp3) is 0.320. The number of carbonyl (C=O) groups is 1. The number of rotatable bonds is 5.